The second-order valence-electron chi connectivity index (χ2n) is 6.20. The molecule has 0 saturated heterocycles. The molecular formula is C19H19N3O2. The third-order valence-electron chi connectivity index (χ3n) is 4.32. The summed E-state index contributed by atoms with van der Waals surface area (Å²) in [6.45, 7) is 0.567. The highest BCUT2D eigenvalue weighted by Crippen LogP contribution is 2.41. The Bertz CT molecular complexity index is 804. The van der Waals surface area contributed by atoms with E-state index in [4.69, 9.17) is 4.42 Å². The Morgan fingerprint density at radius 2 is 2.08 bits per heavy atom. The molecule has 3 aromatic rings. The minimum Gasteiger partial charge on any atom is -0.454 e. The summed E-state index contributed by atoms with van der Waals surface area (Å²) in [6.07, 6.45) is 7.62. The lowest BCUT2D eigenvalue weighted by atomic mass is 10.0. The Hall–Kier alpha value is -2.82. The van der Waals surface area contributed by atoms with Crippen molar-refractivity contribution >= 4 is 5.91 Å². The third-order valence-corrected chi connectivity index (χ3v) is 4.32. The molecule has 1 aliphatic carbocycles. The van der Waals surface area contributed by atoms with E-state index in [-0.39, 0.29) is 11.9 Å². The number of furan rings is 1. The van der Waals surface area contributed by atoms with Gasteiger partial charge in [0.1, 0.15) is 5.76 Å². The Balaban J connectivity index is 1.46. The van der Waals surface area contributed by atoms with Crippen LogP contribution in [-0.2, 0) is 6.54 Å². The van der Waals surface area contributed by atoms with Gasteiger partial charge in [-0.05, 0) is 36.5 Å². The zero-order valence-corrected chi connectivity index (χ0v) is 13.3. The number of nitrogens with one attached hydrogen (secondary N) is 1. The van der Waals surface area contributed by atoms with Crippen molar-refractivity contribution in [2.75, 3.05) is 0 Å². The molecule has 4 rings (SSSR count). The van der Waals surface area contributed by atoms with E-state index in [1.807, 2.05) is 35.0 Å². The Kier molecular flexibility index (Phi) is 3.91. The minimum absolute atomic E-state index is 0.0564. The third kappa shape index (κ3) is 3.25. The smallest absolute Gasteiger partial charge is 0.287 e. The van der Waals surface area contributed by atoms with Gasteiger partial charge in [0.25, 0.3) is 5.91 Å². The number of hydrogen-bond acceptors (Lipinski definition) is 3. The molecule has 122 valence electrons. The average Bonchev–Trinajstić information content (AvgIpc) is 3.12. The van der Waals surface area contributed by atoms with Crippen molar-refractivity contribution in [2.24, 2.45) is 5.92 Å². The van der Waals surface area contributed by atoms with Crippen LogP contribution in [0, 0.1) is 5.92 Å². The minimum atomic E-state index is -0.160. The Morgan fingerprint density at radius 3 is 2.79 bits per heavy atom. The molecule has 1 unspecified atom stereocenters. The van der Waals surface area contributed by atoms with E-state index in [2.05, 4.69) is 22.4 Å². The van der Waals surface area contributed by atoms with Crippen LogP contribution < -0.4 is 5.32 Å². The number of carbonyl (C=O) groups excluding carboxylic acids is 1. The van der Waals surface area contributed by atoms with Crippen LogP contribution in [0.1, 0.15) is 40.8 Å². The van der Waals surface area contributed by atoms with Crippen molar-refractivity contribution in [1.82, 2.24) is 14.9 Å². The molecule has 1 aliphatic rings. The summed E-state index contributed by atoms with van der Waals surface area (Å²) in [5.41, 5.74) is 1.15. The fourth-order valence-electron chi connectivity index (χ4n) is 2.92. The van der Waals surface area contributed by atoms with Gasteiger partial charge < -0.3 is 14.3 Å². The SMILES string of the molecule is O=C(NC(c1ccccc1)C1CC1)c1ccc(Cn2ccnc2)o1. The van der Waals surface area contributed by atoms with Gasteiger partial charge in [0.2, 0.25) is 0 Å². The van der Waals surface area contributed by atoms with E-state index in [1.54, 1.807) is 18.6 Å². The average molecular weight is 321 g/mol. The lowest BCUT2D eigenvalue weighted by molar-refractivity contribution is 0.0901. The van der Waals surface area contributed by atoms with E-state index < -0.39 is 0 Å². The summed E-state index contributed by atoms with van der Waals surface area (Å²) in [7, 11) is 0. The van der Waals surface area contributed by atoms with Crippen molar-refractivity contribution in [3.63, 3.8) is 0 Å². The molecule has 0 bridgehead atoms. The van der Waals surface area contributed by atoms with Crippen LogP contribution in [0.4, 0.5) is 0 Å². The second kappa shape index (κ2) is 6.35. The van der Waals surface area contributed by atoms with E-state index in [0.717, 1.165) is 24.2 Å². The van der Waals surface area contributed by atoms with Crippen LogP contribution in [0.3, 0.4) is 0 Å². The molecule has 2 heterocycles. The predicted molar refractivity (Wildman–Crippen MR) is 89.4 cm³/mol. The number of benzene rings is 1. The van der Waals surface area contributed by atoms with Gasteiger partial charge >= 0.3 is 0 Å². The number of nitrogens with zero attached hydrogens (tertiary/aromatic N) is 2. The van der Waals surface area contributed by atoms with Gasteiger partial charge in [-0.1, -0.05) is 30.3 Å². The highest BCUT2D eigenvalue weighted by Gasteiger charge is 2.33. The number of carbonyl (C=O) groups is 1. The fourth-order valence-corrected chi connectivity index (χ4v) is 2.92. The number of rotatable bonds is 6. The molecule has 1 saturated carbocycles. The summed E-state index contributed by atoms with van der Waals surface area (Å²) in [5.74, 6) is 1.46. The molecule has 5 heteroatoms. The monoisotopic (exact) mass is 321 g/mol. The summed E-state index contributed by atoms with van der Waals surface area (Å²) in [4.78, 5) is 16.6. The van der Waals surface area contributed by atoms with Crippen LogP contribution in [-0.4, -0.2) is 15.5 Å². The summed E-state index contributed by atoms with van der Waals surface area (Å²) in [6, 6.07) is 13.8. The topological polar surface area (TPSA) is 60.1 Å². The van der Waals surface area contributed by atoms with Gasteiger partial charge in [-0.15, -0.1) is 0 Å². The molecule has 2 aromatic heterocycles. The number of amides is 1. The van der Waals surface area contributed by atoms with Crippen LogP contribution in [0.5, 0.6) is 0 Å². The summed E-state index contributed by atoms with van der Waals surface area (Å²) < 4.78 is 7.60. The molecule has 1 amide bonds. The first-order valence-electron chi connectivity index (χ1n) is 8.20. The highest BCUT2D eigenvalue weighted by atomic mass is 16.4. The van der Waals surface area contributed by atoms with Gasteiger partial charge in [-0.25, -0.2) is 4.98 Å². The molecule has 5 nitrogen and oxygen atoms in total. The van der Waals surface area contributed by atoms with Crippen molar-refractivity contribution in [3.8, 4) is 0 Å². The number of hydrogen-bond donors (Lipinski definition) is 1. The first-order chi connectivity index (χ1) is 11.8. The normalized spacial score (nSPS) is 15.2. The standard InChI is InChI=1S/C19H19N3O2/c23-19(17-9-8-16(24-17)12-22-11-10-20-13-22)21-18(15-6-7-15)14-4-2-1-3-5-14/h1-5,8-11,13,15,18H,6-7,12H2,(H,21,23). The van der Waals surface area contributed by atoms with E-state index in [0.29, 0.717) is 18.2 Å². The lowest BCUT2D eigenvalue weighted by Crippen LogP contribution is -2.29. The molecule has 0 spiro atoms. The van der Waals surface area contributed by atoms with E-state index in [1.165, 1.54) is 0 Å². The van der Waals surface area contributed by atoms with Crippen LogP contribution >= 0.6 is 0 Å². The van der Waals surface area contributed by atoms with Crippen molar-refractivity contribution in [3.05, 3.63) is 78.3 Å². The maximum atomic E-state index is 12.6. The zero-order chi connectivity index (χ0) is 16.4. The van der Waals surface area contributed by atoms with E-state index >= 15 is 0 Å². The Morgan fingerprint density at radius 1 is 1.25 bits per heavy atom. The van der Waals surface area contributed by atoms with Crippen molar-refractivity contribution < 1.29 is 9.21 Å². The van der Waals surface area contributed by atoms with Crippen molar-refractivity contribution in [2.45, 2.75) is 25.4 Å². The predicted octanol–water partition coefficient (Wildman–Crippen LogP) is 3.41. The molecular weight excluding hydrogens is 302 g/mol. The Labute approximate surface area is 140 Å². The lowest BCUT2D eigenvalue weighted by Gasteiger charge is -2.18. The maximum absolute atomic E-state index is 12.6. The molecule has 1 N–H and O–H groups in total. The van der Waals surface area contributed by atoms with Gasteiger partial charge in [-0.2, -0.15) is 0 Å². The molecule has 0 radical (unpaired) electrons. The van der Waals surface area contributed by atoms with Gasteiger partial charge in [0.05, 0.1) is 18.9 Å². The van der Waals surface area contributed by atoms with Crippen LogP contribution in [0.15, 0.2) is 65.6 Å². The number of aromatic nitrogens is 2. The van der Waals surface area contributed by atoms with Gasteiger partial charge in [0.15, 0.2) is 5.76 Å². The molecule has 24 heavy (non-hydrogen) atoms. The number of imidazole rings is 1. The van der Waals surface area contributed by atoms with Gasteiger partial charge in [0, 0.05) is 12.4 Å². The zero-order valence-electron chi connectivity index (χ0n) is 13.3. The highest BCUT2D eigenvalue weighted by molar-refractivity contribution is 5.91. The maximum Gasteiger partial charge on any atom is 0.287 e. The molecule has 1 atom stereocenters. The summed E-state index contributed by atoms with van der Waals surface area (Å²) in [5, 5.41) is 3.13. The molecule has 1 fully saturated rings. The summed E-state index contributed by atoms with van der Waals surface area (Å²) >= 11 is 0. The first-order valence-corrected chi connectivity index (χ1v) is 8.20. The molecule has 0 aliphatic heterocycles. The molecule has 1 aromatic carbocycles. The van der Waals surface area contributed by atoms with E-state index in [9.17, 15) is 4.79 Å². The van der Waals surface area contributed by atoms with Crippen LogP contribution in [0.25, 0.3) is 0 Å². The van der Waals surface area contributed by atoms with Gasteiger partial charge in [-0.3, -0.25) is 4.79 Å². The van der Waals surface area contributed by atoms with Crippen LogP contribution in [0.2, 0.25) is 0 Å². The fraction of sp³-hybridized carbons (Fsp3) is 0.263. The second-order valence-corrected chi connectivity index (χ2v) is 6.20. The largest absolute Gasteiger partial charge is 0.454 e. The van der Waals surface area contributed by atoms with Crippen molar-refractivity contribution in [1.29, 1.82) is 0 Å². The first kappa shape index (κ1) is 14.8. The quantitative estimate of drug-likeness (QED) is 0.757.